The summed E-state index contributed by atoms with van der Waals surface area (Å²) in [6.07, 6.45) is 1.08. The highest BCUT2D eigenvalue weighted by Gasteiger charge is 2.34. The van der Waals surface area contributed by atoms with Gasteiger partial charge in [-0.2, -0.15) is 0 Å². The van der Waals surface area contributed by atoms with Crippen molar-refractivity contribution in [2.75, 3.05) is 40.8 Å². The van der Waals surface area contributed by atoms with E-state index in [-0.39, 0.29) is 30.2 Å². The van der Waals surface area contributed by atoms with E-state index in [1.165, 1.54) is 5.56 Å². The number of carbonyl (C=O) groups excluding carboxylic acids is 2. The zero-order chi connectivity index (χ0) is 21.5. The van der Waals surface area contributed by atoms with Crippen molar-refractivity contribution < 1.29 is 14.3 Å². The van der Waals surface area contributed by atoms with Gasteiger partial charge in [-0.3, -0.25) is 9.59 Å². The molecule has 2 unspecified atom stereocenters. The summed E-state index contributed by atoms with van der Waals surface area (Å²) in [7, 11) is 5.61. The highest BCUT2D eigenvalue weighted by Crippen LogP contribution is 2.27. The maximum absolute atomic E-state index is 12.8. The van der Waals surface area contributed by atoms with Gasteiger partial charge in [0.05, 0.1) is 19.1 Å². The SMILES string of the molecule is COc1ccccc1C(CNC(=O)C1CC(=O)N(CCc2ccccc2)C1)N(C)C. The molecule has 1 saturated heterocycles. The predicted octanol–water partition coefficient (Wildman–Crippen LogP) is 2.51. The summed E-state index contributed by atoms with van der Waals surface area (Å²) in [5.41, 5.74) is 2.22. The first-order valence-corrected chi connectivity index (χ1v) is 10.4. The van der Waals surface area contributed by atoms with E-state index >= 15 is 0 Å². The molecule has 0 aliphatic carbocycles. The van der Waals surface area contributed by atoms with Crippen molar-refractivity contribution >= 4 is 11.8 Å². The molecule has 1 N–H and O–H groups in total. The number of benzene rings is 2. The first-order chi connectivity index (χ1) is 14.5. The standard InChI is InChI=1S/C24H31N3O3/c1-26(2)21(20-11-7-8-12-22(20)30-3)16-25-24(29)19-15-23(28)27(17-19)14-13-18-9-5-4-6-10-18/h4-12,19,21H,13-17H2,1-3H3,(H,25,29). The average Bonchev–Trinajstić information content (AvgIpc) is 3.13. The van der Waals surface area contributed by atoms with Crippen LogP contribution in [0.4, 0.5) is 0 Å². The second-order valence-electron chi connectivity index (χ2n) is 7.94. The van der Waals surface area contributed by atoms with E-state index in [0.29, 0.717) is 19.6 Å². The number of likely N-dealkylation sites (tertiary alicyclic amines) is 1. The number of nitrogens with one attached hydrogen (secondary N) is 1. The fraction of sp³-hybridized carbons (Fsp3) is 0.417. The molecule has 2 aromatic carbocycles. The molecule has 0 spiro atoms. The van der Waals surface area contributed by atoms with E-state index in [1.807, 2.05) is 56.6 Å². The van der Waals surface area contributed by atoms with E-state index < -0.39 is 0 Å². The van der Waals surface area contributed by atoms with Gasteiger partial charge in [0, 0.05) is 31.6 Å². The van der Waals surface area contributed by atoms with Crippen LogP contribution >= 0.6 is 0 Å². The molecule has 160 valence electrons. The van der Waals surface area contributed by atoms with Crippen LogP contribution < -0.4 is 10.1 Å². The van der Waals surface area contributed by atoms with E-state index in [9.17, 15) is 9.59 Å². The number of hydrogen-bond acceptors (Lipinski definition) is 4. The summed E-state index contributed by atoms with van der Waals surface area (Å²) in [4.78, 5) is 29.0. The lowest BCUT2D eigenvalue weighted by Crippen LogP contribution is -2.38. The average molecular weight is 410 g/mol. The lowest BCUT2D eigenvalue weighted by Gasteiger charge is -2.27. The molecule has 0 aromatic heterocycles. The first kappa shape index (κ1) is 21.8. The van der Waals surface area contributed by atoms with Crippen molar-refractivity contribution in [3.05, 3.63) is 65.7 Å². The molecule has 6 heteroatoms. The molecule has 0 bridgehead atoms. The summed E-state index contributed by atoms with van der Waals surface area (Å²) in [6.45, 7) is 1.59. The summed E-state index contributed by atoms with van der Waals surface area (Å²) >= 11 is 0. The van der Waals surface area contributed by atoms with Crippen LogP contribution in [0.2, 0.25) is 0 Å². The van der Waals surface area contributed by atoms with Crippen LogP contribution in [0, 0.1) is 5.92 Å². The minimum absolute atomic E-state index is 0.0172. The Labute approximate surface area is 178 Å². The van der Waals surface area contributed by atoms with Crippen molar-refractivity contribution in [1.29, 1.82) is 0 Å². The van der Waals surface area contributed by atoms with Crippen LogP contribution in [-0.2, 0) is 16.0 Å². The smallest absolute Gasteiger partial charge is 0.225 e. The van der Waals surface area contributed by atoms with Crippen LogP contribution in [-0.4, -0.2) is 62.5 Å². The van der Waals surface area contributed by atoms with Gasteiger partial charge < -0.3 is 19.9 Å². The molecule has 1 heterocycles. The van der Waals surface area contributed by atoms with Gasteiger partial charge in [0.15, 0.2) is 0 Å². The minimum Gasteiger partial charge on any atom is -0.496 e. The Bertz CT molecular complexity index is 854. The Morgan fingerprint density at radius 1 is 1.17 bits per heavy atom. The summed E-state index contributed by atoms with van der Waals surface area (Å²) in [5, 5.41) is 3.06. The van der Waals surface area contributed by atoms with Gasteiger partial charge in [0.1, 0.15) is 5.75 Å². The summed E-state index contributed by atoms with van der Waals surface area (Å²) < 4.78 is 5.48. The van der Waals surface area contributed by atoms with Crippen LogP contribution in [0.15, 0.2) is 54.6 Å². The molecule has 1 aliphatic heterocycles. The van der Waals surface area contributed by atoms with Crippen LogP contribution in [0.5, 0.6) is 5.75 Å². The molecule has 2 aromatic rings. The monoisotopic (exact) mass is 409 g/mol. The number of para-hydroxylation sites is 1. The Morgan fingerprint density at radius 2 is 1.87 bits per heavy atom. The molecule has 1 aliphatic rings. The molecule has 2 amide bonds. The van der Waals surface area contributed by atoms with E-state index in [1.54, 1.807) is 12.0 Å². The van der Waals surface area contributed by atoms with Crippen LogP contribution in [0.1, 0.15) is 23.6 Å². The zero-order valence-electron chi connectivity index (χ0n) is 18.0. The fourth-order valence-corrected chi connectivity index (χ4v) is 3.93. The second-order valence-corrected chi connectivity index (χ2v) is 7.94. The third kappa shape index (κ3) is 5.39. The molecule has 0 radical (unpaired) electrons. The van der Waals surface area contributed by atoms with Gasteiger partial charge >= 0.3 is 0 Å². The van der Waals surface area contributed by atoms with E-state index in [4.69, 9.17) is 4.74 Å². The maximum Gasteiger partial charge on any atom is 0.225 e. The van der Waals surface area contributed by atoms with Gasteiger partial charge in [-0.05, 0) is 32.1 Å². The number of likely N-dealkylation sites (N-methyl/N-ethyl adjacent to an activating group) is 1. The van der Waals surface area contributed by atoms with Gasteiger partial charge in [-0.15, -0.1) is 0 Å². The lowest BCUT2D eigenvalue weighted by atomic mass is 10.0. The van der Waals surface area contributed by atoms with Crippen molar-refractivity contribution in [3.63, 3.8) is 0 Å². The number of rotatable bonds is 9. The third-order valence-corrected chi connectivity index (χ3v) is 5.69. The largest absolute Gasteiger partial charge is 0.496 e. The van der Waals surface area contributed by atoms with Gasteiger partial charge in [-0.1, -0.05) is 48.5 Å². The summed E-state index contributed by atoms with van der Waals surface area (Å²) in [5.74, 6) is 0.495. The lowest BCUT2D eigenvalue weighted by molar-refractivity contribution is -0.129. The number of hydrogen-bond donors (Lipinski definition) is 1. The first-order valence-electron chi connectivity index (χ1n) is 10.4. The Hall–Kier alpha value is -2.86. The van der Waals surface area contributed by atoms with Crippen molar-refractivity contribution in [3.8, 4) is 5.75 Å². The molecule has 2 atom stereocenters. The highest BCUT2D eigenvalue weighted by molar-refractivity contribution is 5.89. The maximum atomic E-state index is 12.8. The Balaban J connectivity index is 1.55. The number of ether oxygens (including phenoxy) is 1. The van der Waals surface area contributed by atoms with Gasteiger partial charge in [-0.25, -0.2) is 0 Å². The summed E-state index contributed by atoms with van der Waals surface area (Å²) in [6, 6.07) is 17.9. The van der Waals surface area contributed by atoms with Crippen molar-refractivity contribution in [2.45, 2.75) is 18.9 Å². The molecule has 6 nitrogen and oxygen atoms in total. The van der Waals surface area contributed by atoms with E-state index in [0.717, 1.165) is 17.7 Å². The molecular weight excluding hydrogens is 378 g/mol. The molecule has 0 saturated carbocycles. The molecule has 30 heavy (non-hydrogen) atoms. The van der Waals surface area contributed by atoms with Crippen LogP contribution in [0.25, 0.3) is 0 Å². The second kappa shape index (κ2) is 10.3. The Kier molecular flexibility index (Phi) is 7.46. The van der Waals surface area contributed by atoms with Gasteiger partial charge in [0.2, 0.25) is 11.8 Å². The number of nitrogens with zero attached hydrogens (tertiary/aromatic N) is 2. The normalized spacial score (nSPS) is 17.3. The van der Waals surface area contributed by atoms with Gasteiger partial charge in [0.25, 0.3) is 0 Å². The number of carbonyl (C=O) groups is 2. The van der Waals surface area contributed by atoms with E-state index in [2.05, 4.69) is 22.3 Å². The van der Waals surface area contributed by atoms with Crippen molar-refractivity contribution in [2.24, 2.45) is 5.92 Å². The molecular formula is C24H31N3O3. The number of methoxy groups -OCH3 is 1. The topological polar surface area (TPSA) is 61.9 Å². The predicted molar refractivity (Wildman–Crippen MR) is 117 cm³/mol. The third-order valence-electron chi connectivity index (χ3n) is 5.69. The molecule has 3 rings (SSSR count). The molecule has 1 fully saturated rings. The minimum atomic E-state index is -0.297. The number of amides is 2. The van der Waals surface area contributed by atoms with Crippen LogP contribution in [0.3, 0.4) is 0 Å². The van der Waals surface area contributed by atoms with Crippen molar-refractivity contribution in [1.82, 2.24) is 15.1 Å². The quantitative estimate of drug-likeness (QED) is 0.691. The zero-order valence-corrected chi connectivity index (χ0v) is 18.0. The fourth-order valence-electron chi connectivity index (χ4n) is 3.93. The highest BCUT2D eigenvalue weighted by atomic mass is 16.5. The Morgan fingerprint density at radius 3 is 2.57 bits per heavy atom.